The number of methoxy groups -OCH3 is 1. The van der Waals surface area contributed by atoms with Crippen LogP contribution >= 0.6 is 0 Å². The Morgan fingerprint density at radius 2 is 1.90 bits per heavy atom. The second-order valence-corrected chi connectivity index (χ2v) is 9.51. The van der Waals surface area contributed by atoms with Gasteiger partial charge in [0.25, 0.3) is 11.8 Å². The Morgan fingerprint density at radius 3 is 2.75 bits per heavy atom. The van der Waals surface area contributed by atoms with Gasteiger partial charge in [-0.3, -0.25) is 14.6 Å². The van der Waals surface area contributed by atoms with Gasteiger partial charge in [-0.05, 0) is 59.9 Å². The molecule has 2 amide bonds. The fourth-order valence-electron chi connectivity index (χ4n) is 5.02. The molecular weight excluding hydrogens is 510 g/mol. The minimum absolute atomic E-state index is 0.175. The lowest BCUT2D eigenvalue weighted by Gasteiger charge is -2.38. The molecule has 7 rings (SSSR count). The summed E-state index contributed by atoms with van der Waals surface area (Å²) < 4.78 is 17.2. The maximum Gasteiger partial charge on any atom is 0.316 e. The van der Waals surface area contributed by atoms with Crippen molar-refractivity contribution < 1.29 is 23.8 Å². The molecule has 8 bridgehead atoms. The zero-order valence-electron chi connectivity index (χ0n) is 21.9. The first kappa shape index (κ1) is 25.3. The summed E-state index contributed by atoms with van der Waals surface area (Å²) >= 11 is 0. The van der Waals surface area contributed by atoms with Crippen molar-refractivity contribution in [3.8, 4) is 23.3 Å². The predicted octanol–water partition coefficient (Wildman–Crippen LogP) is 3.97. The minimum atomic E-state index is -0.362. The number of hydrogen-bond donors (Lipinski definition) is 1. The van der Waals surface area contributed by atoms with Crippen molar-refractivity contribution in [3.05, 3.63) is 101 Å². The largest absolute Gasteiger partial charge is 0.494 e. The van der Waals surface area contributed by atoms with Crippen molar-refractivity contribution >= 4 is 11.8 Å². The van der Waals surface area contributed by atoms with E-state index in [0.29, 0.717) is 60.9 Å². The highest BCUT2D eigenvalue weighted by Crippen LogP contribution is 2.39. The number of nitrogens with one attached hydrogen (secondary N) is 1. The van der Waals surface area contributed by atoms with Gasteiger partial charge < -0.3 is 24.4 Å². The Morgan fingerprint density at radius 1 is 1.02 bits per heavy atom. The fraction of sp³-hybridized carbons (Fsp3) is 0.233. The van der Waals surface area contributed by atoms with E-state index in [-0.39, 0.29) is 23.9 Å². The highest BCUT2D eigenvalue weighted by Gasteiger charge is 2.33. The number of aromatic nitrogens is 3. The number of ether oxygens (including phenoxy) is 3. The van der Waals surface area contributed by atoms with Crippen LogP contribution < -0.4 is 19.5 Å². The topological polar surface area (TPSA) is 116 Å². The molecule has 3 aliphatic rings. The van der Waals surface area contributed by atoms with Crippen LogP contribution in [-0.4, -0.2) is 58.5 Å². The molecule has 0 radical (unpaired) electrons. The summed E-state index contributed by atoms with van der Waals surface area (Å²) in [5.41, 5.74) is 3.77. The lowest BCUT2D eigenvalue weighted by atomic mass is 9.87. The van der Waals surface area contributed by atoms with Gasteiger partial charge >= 0.3 is 6.01 Å². The van der Waals surface area contributed by atoms with Crippen molar-refractivity contribution in [1.82, 2.24) is 25.2 Å². The molecule has 1 atom stereocenters. The van der Waals surface area contributed by atoms with Crippen LogP contribution in [0.2, 0.25) is 0 Å². The number of fused-ring (bicyclic) bond motifs is 6. The molecule has 40 heavy (non-hydrogen) atoms. The van der Waals surface area contributed by atoms with Gasteiger partial charge in [-0.25, -0.2) is 9.97 Å². The van der Waals surface area contributed by atoms with Crippen LogP contribution in [0.4, 0.5) is 0 Å². The number of carbonyl (C=O) groups excluding carboxylic acids is 2. The first-order valence-electron chi connectivity index (χ1n) is 13.0. The van der Waals surface area contributed by atoms with E-state index >= 15 is 0 Å². The van der Waals surface area contributed by atoms with Gasteiger partial charge in [0.15, 0.2) is 0 Å². The molecule has 4 aromatic rings. The number of amides is 2. The van der Waals surface area contributed by atoms with Crippen molar-refractivity contribution in [2.24, 2.45) is 0 Å². The van der Waals surface area contributed by atoms with Crippen LogP contribution in [0.5, 0.6) is 23.3 Å². The van der Waals surface area contributed by atoms with Crippen molar-refractivity contribution in [2.45, 2.75) is 18.9 Å². The molecule has 0 aliphatic carbocycles. The smallest absolute Gasteiger partial charge is 0.316 e. The van der Waals surface area contributed by atoms with E-state index in [0.717, 1.165) is 16.7 Å². The van der Waals surface area contributed by atoms with E-state index in [1.54, 1.807) is 12.3 Å². The highest BCUT2D eigenvalue weighted by atomic mass is 16.5. The van der Waals surface area contributed by atoms with Gasteiger partial charge in [-0.15, -0.1) is 0 Å². The quantitative estimate of drug-likeness (QED) is 0.408. The molecule has 1 N–H and O–H groups in total. The molecule has 10 nitrogen and oxygen atoms in total. The molecule has 202 valence electrons. The van der Waals surface area contributed by atoms with Gasteiger partial charge in [0, 0.05) is 31.7 Å². The molecule has 0 fully saturated rings. The predicted molar refractivity (Wildman–Crippen MR) is 145 cm³/mol. The Kier molecular flexibility index (Phi) is 6.96. The average molecular weight is 538 g/mol. The van der Waals surface area contributed by atoms with Crippen molar-refractivity contribution in [2.75, 3.05) is 26.8 Å². The van der Waals surface area contributed by atoms with E-state index in [2.05, 4.69) is 20.3 Å². The lowest BCUT2D eigenvalue weighted by Crippen LogP contribution is -2.40. The summed E-state index contributed by atoms with van der Waals surface area (Å²) in [7, 11) is 1.48. The van der Waals surface area contributed by atoms with E-state index in [1.807, 2.05) is 47.4 Å². The standard InChI is InChI=1S/C30H27N5O5/c1-38-30-33-16-22(17-34-30)29(37)35-10-8-19-12-24-6-7-26(19)27(35)20-4-2-5-23(13-20)39-11-3-9-32-28(36)21-14-25(40-24)18-31-15-21/h2,4-7,12-18,27H,3,8-11H2,1H3,(H,32,36). The van der Waals surface area contributed by atoms with E-state index in [9.17, 15) is 9.59 Å². The van der Waals surface area contributed by atoms with E-state index in [4.69, 9.17) is 14.2 Å². The van der Waals surface area contributed by atoms with E-state index in [1.165, 1.54) is 25.7 Å². The summed E-state index contributed by atoms with van der Waals surface area (Å²) in [5, 5.41) is 2.90. The summed E-state index contributed by atoms with van der Waals surface area (Å²) in [6.07, 6.45) is 7.32. The second-order valence-electron chi connectivity index (χ2n) is 9.51. The maximum atomic E-state index is 13.8. The minimum Gasteiger partial charge on any atom is -0.494 e. The fourth-order valence-corrected chi connectivity index (χ4v) is 5.02. The van der Waals surface area contributed by atoms with Crippen LogP contribution in [0.1, 0.15) is 49.9 Å². The van der Waals surface area contributed by atoms with Gasteiger partial charge in [0.1, 0.15) is 17.2 Å². The van der Waals surface area contributed by atoms with Crippen LogP contribution in [-0.2, 0) is 6.42 Å². The lowest BCUT2D eigenvalue weighted by molar-refractivity contribution is 0.0693. The Hall–Kier alpha value is -4.99. The molecule has 10 heteroatoms. The monoisotopic (exact) mass is 537 g/mol. The molecular formula is C30H27N5O5. The van der Waals surface area contributed by atoms with Crippen molar-refractivity contribution in [3.63, 3.8) is 0 Å². The molecule has 2 aromatic carbocycles. The maximum absolute atomic E-state index is 13.8. The number of rotatable bonds is 2. The summed E-state index contributed by atoms with van der Waals surface area (Å²) in [6.45, 7) is 1.35. The molecule has 3 aliphatic heterocycles. The first-order chi connectivity index (χ1) is 19.6. The summed E-state index contributed by atoms with van der Waals surface area (Å²) in [6, 6.07) is 15.1. The number of benzene rings is 2. The highest BCUT2D eigenvalue weighted by molar-refractivity contribution is 5.95. The van der Waals surface area contributed by atoms with Gasteiger partial charge in [-0.2, -0.15) is 0 Å². The number of pyridine rings is 1. The van der Waals surface area contributed by atoms with Crippen LogP contribution in [0.15, 0.2) is 73.3 Å². The summed E-state index contributed by atoms with van der Waals surface area (Å²) in [4.78, 5) is 40.7. The molecule has 0 spiro atoms. The van der Waals surface area contributed by atoms with Crippen LogP contribution in [0.25, 0.3) is 0 Å². The van der Waals surface area contributed by atoms with Gasteiger partial charge in [0.2, 0.25) is 0 Å². The zero-order chi connectivity index (χ0) is 27.5. The van der Waals surface area contributed by atoms with Gasteiger partial charge in [0.05, 0.1) is 37.1 Å². The van der Waals surface area contributed by atoms with E-state index < -0.39 is 0 Å². The summed E-state index contributed by atoms with van der Waals surface area (Å²) in [5.74, 6) is 1.38. The van der Waals surface area contributed by atoms with Gasteiger partial charge in [-0.1, -0.05) is 18.2 Å². The second kappa shape index (κ2) is 11.0. The molecule has 5 heterocycles. The third kappa shape index (κ3) is 5.15. The number of carbonyl (C=O) groups is 2. The average Bonchev–Trinajstić information content (AvgIpc) is 2.99. The first-order valence-corrected chi connectivity index (χ1v) is 13.0. The third-order valence-corrected chi connectivity index (χ3v) is 6.92. The molecule has 0 saturated heterocycles. The van der Waals surface area contributed by atoms with Crippen LogP contribution in [0, 0.1) is 0 Å². The number of hydrogen-bond acceptors (Lipinski definition) is 8. The SMILES string of the molecule is COc1ncc(C(=O)N2CCc3cc4ccc3C2c2cccc(c2)OCCCNC(=O)c2cncc(c2)O4)cn1. The Labute approximate surface area is 231 Å². The molecule has 2 aromatic heterocycles. The van der Waals surface area contributed by atoms with Crippen LogP contribution in [0.3, 0.4) is 0 Å². The van der Waals surface area contributed by atoms with Crippen molar-refractivity contribution in [1.29, 1.82) is 0 Å². The zero-order valence-corrected chi connectivity index (χ0v) is 21.9. The number of nitrogens with zero attached hydrogens (tertiary/aromatic N) is 4. The Bertz CT molecular complexity index is 1560. The molecule has 1 unspecified atom stereocenters. The normalized spacial score (nSPS) is 16.6. The molecule has 0 saturated carbocycles. The third-order valence-electron chi connectivity index (χ3n) is 6.92. The Balaban J connectivity index is 1.41.